The van der Waals surface area contributed by atoms with Crippen LogP contribution in [0.25, 0.3) is 6.08 Å². The topological polar surface area (TPSA) is 53.4 Å². The minimum Gasteiger partial charge on any atom is -0.478 e. The first kappa shape index (κ1) is 15.3. The van der Waals surface area contributed by atoms with E-state index in [1.165, 1.54) is 6.08 Å². The van der Waals surface area contributed by atoms with Crippen molar-refractivity contribution in [2.75, 3.05) is 11.9 Å². The molecule has 1 aromatic carbocycles. The van der Waals surface area contributed by atoms with Crippen LogP contribution in [0.1, 0.15) is 21.8 Å². The van der Waals surface area contributed by atoms with Gasteiger partial charge in [-0.3, -0.25) is 0 Å². The summed E-state index contributed by atoms with van der Waals surface area (Å²) < 4.78 is 0. The second-order valence-electron chi connectivity index (χ2n) is 4.95. The van der Waals surface area contributed by atoms with E-state index >= 15 is 0 Å². The minimum absolute atomic E-state index is 0.696. The Hall–Kier alpha value is -2.14. The van der Waals surface area contributed by atoms with Crippen molar-refractivity contribution in [3.05, 3.63) is 51.5 Å². The lowest BCUT2D eigenvalue weighted by atomic mass is 10.1. The van der Waals surface area contributed by atoms with Gasteiger partial charge in [-0.2, -0.15) is 0 Å². The summed E-state index contributed by atoms with van der Waals surface area (Å²) in [5, 5.41) is 11.9. The third-order valence-corrected chi connectivity index (χ3v) is 3.89. The molecule has 0 spiro atoms. The summed E-state index contributed by atoms with van der Waals surface area (Å²) in [6.07, 6.45) is 2.80. The first-order valence-corrected chi connectivity index (χ1v) is 7.47. The largest absolute Gasteiger partial charge is 0.478 e. The van der Waals surface area contributed by atoms with Crippen LogP contribution in [0.15, 0.2) is 29.7 Å². The number of aliphatic carboxylic acids is 1. The van der Waals surface area contributed by atoms with E-state index in [2.05, 4.69) is 9.88 Å². The Morgan fingerprint density at radius 2 is 2.19 bits per heavy atom. The monoisotopic (exact) mass is 302 g/mol. The molecule has 0 unspecified atom stereocenters. The van der Waals surface area contributed by atoms with E-state index in [1.54, 1.807) is 17.4 Å². The van der Waals surface area contributed by atoms with E-state index in [4.69, 9.17) is 5.11 Å². The van der Waals surface area contributed by atoms with E-state index in [9.17, 15) is 4.79 Å². The summed E-state index contributed by atoms with van der Waals surface area (Å²) in [5.74, 6) is -0.944. The van der Waals surface area contributed by atoms with E-state index in [0.717, 1.165) is 27.5 Å². The first-order valence-electron chi connectivity index (χ1n) is 6.59. The zero-order chi connectivity index (χ0) is 15.4. The Balaban J connectivity index is 2.27. The smallest absolute Gasteiger partial charge is 0.328 e. The molecule has 0 bridgehead atoms. The molecule has 2 aromatic rings. The number of carboxylic acid groups (broad SMARTS) is 1. The fraction of sp³-hybridized carbons (Fsp3) is 0.250. The summed E-state index contributed by atoms with van der Waals surface area (Å²) in [6.45, 7) is 4.67. The molecule has 0 aliphatic heterocycles. The number of hydrogen-bond acceptors (Lipinski definition) is 4. The second-order valence-corrected chi connectivity index (χ2v) is 6.01. The van der Waals surface area contributed by atoms with Crippen LogP contribution in [0, 0.1) is 13.8 Å². The Bertz CT molecular complexity index is 677. The fourth-order valence-corrected chi connectivity index (χ4v) is 2.73. The number of anilines is 1. The Morgan fingerprint density at radius 3 is 2.81 bits per heavy atom. The van der Waals surface area contributed by atoms with Crippen LogP contribution >= 0.6 is 11.3 Å². The fourth-order valence-electron chi connectivity index (χ4n) is 2.13. The van der Waals surface area contributed by atoms with Crippen LogP contribution in [-0.2, 0) is 11.3 Å². The molecule has 0 fully saturated rings. The highest BCUT2D eigenvalue weighted by Crippen LogP contribution is 2.24. The predicted molar refractivity (Wildman–Crippen MR) is 86.8 cm³/mol. The van der Waals surface area contributed by atoms with Gasteiger partial charge in [-0.15, -0.1) is 11.3 Å². The van der Waals surface area contributed by atoms with Crippen LogP contribution < -0.4 is 4.90 Å². The molecule has 2 rings (SSSR count). The maximum atomic E-state index is 10.7. The third kappa shape index (κ3) is 4.16. The molecule has 5 heteroatoms. The lowest BCUT2D eigenvalue weighted by Crippen LogP contribution is -2.17. The van der Waals surface area contributed by atoms with Crippen molar-refractivity contribution in [1.82, 2.24) is 4.98 Å². The van der Waals surface area contributed by atoms with Crippen molar-refractivity contribution in [2.45, 2.75) is 20.4 Å². The van der Waals surface area contributed by atoms with Gasteiger partial charge in [0.2, 0.25) is 0 Å². The lowest BCUT2D eigenvalue weighted by molar-refractivity contribution is -0.131. The molecule has 0 amide bonds. The number of thiazole rings is 1. The van der Waals surface area contributed by atoms with E-state index in [-0.39, 0.29) is 0 Å². The number of rotatable bonds is 5. The van der Waals surface area contributed by atoms with Gasteiger partial charge < -0.3 is 10.0 Å². The molecule has 0 radical (unpaired) electrons. The lowest BCUT2D eigenvalue weighted by Gasteiger charge is -2.21. The average Bonchev–Trinajstić information content (AvgIpc) is 2.81. The van der Waals surface area contributed by atoms with Crippen molar-refractivity contribution >= 4 is 29.1 Å². The molecule has 1 heterocycles. The summed E-state index contributed by atoms with van der Waals surface area (Å²) >= 11 is 1.63. The molecule has 0 atom stereocenters. The standard InChI is InChI=1S/C16H18N2O2S/c1-11-4-6-15(13(8-11)5-7-16(19)20)18(3)9-14-10-21-12(2)17-14/h4-8,10H,9H2,1-3H3,(H,19,20)/b7-5+. The first-order chi connectivity index (χ1) is 9.95. The SMILES string of the molecule is Cc1ccc(N(C)Cc2csc(C)n2)c(/C=C/C(=O)O)c1. The van der Waals surface area contributed by atoms with Gasteiger partial charge >= 0.3 is 5.97 Å². The Labute approximate surface area is 128 Å². The van der Waals surface area contributed by atoms with Crippen molar-refractivity contribution in [3.8, 4) is 0 Å². The second kappa shape index (κ2) is 6.54. The van der Waals surface area contributed by atoms with E-state index in [0.29, 0.717) is 6.54 Å². The van der Waals surface area contributed by atoms with Crippen LogP contribution in [0.4, 0.5) is 5.69 Å². The van der Waals surface area contributed by atoms with Crippen molar-refractivity contribution in [2.24, 2.45) is 0 Å². The van der Waals surface area contributed by atoms with Crippen LogP contribution in [0.3, 0.4) is 0 Å². The van der Waals surface area contributed by atoms with E-state index in [1.807, 2.05) is 44.5 Å². The summed E-state index contributed by atoms with van der Waals surface area (Å²) in [6, 6.07) is 6.02. The molecule has 0 saturated heterocycles. The molecular weight excluding hydrogens is 284 g/mol. The van der Waals surface area contributed by atoms with Crippen LogP contribution in [-0.4, -0.2) is 23.1 Å². The van der Waals surface area contributed by atoms with Gasteiger partial charge in [0, 0.05) is 24.2 Å². The minimum atomic E-state index is -0.944. The molecule has 0 aliphatic carbocycles. The van der Waals surface area contributed by atoms with Gasteiger partial charge in [-0.05, 0) is 37.6 Å². The van der Waals surface area contributed by atoms with Crippen LogP contribution in [0.5, 0.6) is 0 Å². The molecule has 1 aromatic heterocycles. The van der Waals surface area contributed by atoms with Crippen molar-refractivity contribution < 1.29 is 9.90 Å². The molecule has 21 heavy (non-hydrogen) atoms. The maximum Gasteiger partial charge on any atom is 0.328 e. The number of aryl methyl sites for hydroxylation is 2. The molecule has 1 N–H and O–H groups in total. The van der Waals surface area contributed by atoms with Gasteiger partial charge in [0.1, 0.15) is 0 Å². The third-order valence-electron chi connectivity index (χ3n) is 3.07. The Morgan fingerprint density at radius 1 is 1.43 bits per heavy atom. The number of carboxylic acids is 1. The Kier molecular flexibility index (Phi) is 4.75. The molecular formula is C16H18N2O2S. The number of benzene rings is 1. The normalized spacial score (nSPS) is 11.0. The maximum absolute atomic E-state index is 10.7. The summed E-state index contributed by atoms with van der Waals surface area (Å²) in [4.78, 5) is 17.3. The number of nitrogens with zero attached hydrogens (tertiary/aromatic N) is 2. The number of carbonyl (C=O) groups is 1. The molecule has 0 aliphatic rings. The van der Waals surface area contributed by atoms with E-state index < -0.39 is 5.97 Å². The number of hydrogen-bond donors (Lipinski definition) is 1. The summed E-state index contributed by atoms with van der Waals surface area (Å²) in [5.41, 5.74) is 4.01. The van der Waals surface area contributed by atoms with Crippen molar-refractivity contribution in [1.29, 1.82) is 0 Å². The average molecular weight is 302 g/mol. The highest BCUT2D eigenvalue weighted by Gasteiger charge is 2.09. The molecule has 4 nitrogen and oxygen atoms in total. The van der Waals surface area contributed by atoms with Gasteiger partial charge in [0.25, 0.3) is 0 Å². The summed E-state index contributed by atoms with van der Waals surface area (Å²) in [7, 11) is 1.98. The van der Waals surface area contributed by atoms with Gasteiger partial charge in [0.05, 0.1) is 17.2 Å². The van der Waals surface area contributed by atoms with Gasteiger partial charge in [0.15, 0.2) is 0 Å². The molecule has 0 saturated carbocycles. The predicted octanol–water partition coefficient (Wildman–Crippen LogP) is 3.49. The van der Waals surface area contributed by atoms with Gasteiger partial charge in [-0.25, -0.2) is 9.78 Å². The van der Waals surface area contributed by atoms with Crippen LogP contribution in [0.2, 0.25) is 0 Å². The zero-order valence-electron chi connectivity index (χ0n) is 12.3. The zero-order valence-corrected chi connectivity index (χ0v) is 13.1. The highest BCUT2D eigenvalue weighted by molar-refractivity contribution is 7.09. The number of aromatic nitrogens is 1. The van der Waals surface area contributed by atoms with Gasteiger partial charge in [-0.1, -0.05) is 11.6 Å². The molecule has 110 valence electrons. The highest BCUT2D eigenvalue weighted by atomic mass is 32.1. The van der Waals surface area contributed by atoms with Crippen molar-refractivity contribution in [3.63, 3.8) is 0 Å². The quantitative estimate of drug-likeness (QED) is 0.859.